The van der Waals surface area contributed by atoms with E-state index in [-0.39, 0.29) is 5.54 Å². The van der Waals surface area contributed by atoms with Crippen molar-refractivity contribution in [2.24, 2.45) is 16.3 Å². The zero-order chi connectivity index (χ0) is 20.9. The summed E-state index contributed by atoms with van der Waals surface area (Å²) in [4.78, 5) is 7.38. The summed E-state index contributed by atoms with van der Waals surface area (Å²) in [5.41, 5.74) is 3.17. The van der Waals surface area contributed by atoms with E-state index in [9.17, 15) is 0 Å². The molecule has 0 radical (unpaired) electrons. The maximum absolute atomic E-state index is 4.95. The van der Waals surface area contributed by atoms with Crippen LogP contribution >= 0.6 is 0 Å². The van der Waals surface area contributed by atoms with Gasteiger partial charge in [0, 0.05) is 19.0 Å². The van der Waals surface area contributed by atoms with Crippen LogP contribution in [-0.2, 0) is 0 Å². The maximum Gasteiger partial charge on any atom is 0.0856 e. The van der Waals surface area contributed by atoms with Crippen molar-refractivity contribution in [3.63, 3.8) is 0 Å². The van der Waals surface area contributed by atoms with Crippen LogP contribution in [0.5, 0.6) is 0 Å². The first-order valence-electron chi connectivity index (χ1n) is 11.1. The summed E-state index contributed by atoms with van der Waals surface area (Å²) in [6.45, 7) is 13.6. The van der Waals surface area contributed by atoms with Gasteiger partial charge in [-0.1, -0.05) is 81.4 Å². The first-order chi connectivity index (χ1) is 13.7. The van der Waals surface area contributed by atoms with Crippen LogP contribution in [0.4, 0.5) is 0 Å². The Hall–Kier alpha value is -2.09. The zero-order valence-electron chi connectivity index (χ0n) is 18.9. The second kappa shape index (κ2) is 9.15. The lowest BCUT2D eigenvalue weighted by Crippen LogP contribution is -2.36. The van der Waals surface area contributed by atoms with Crippen LogP contribution in [0.2, 0.25) is 0 Å². The lowest BCUT2D eigenvalue weighted by atomic mass is 9.76. The van der Waals surface area contributed by atoms with Crippen LogP contribution in [0.25, 0.3) is 0 Å². The average Bonchev–Trinajstić information content (AvgIpc) is 2.68. The van der Waals surface area contributed by atoms with Crippen molar-refractivity contribution < 1.29 is 0 Å². The van der Waals surface area contributed by atoms with E-state index in [0.29, 0.717) is 17.3 Å². The van der Waals surface area contributed by atoms with Gasteiger partial charge in [0.15, 0.2) is 0 Å². The lowest BCUT2D eigenvalue weighted by Gasteiger charge is -2.36. The normalized spacial score (nSPS) is 16.7. The molecule has 1 saturated heterocycles. The quantitative estimate of drug-likeness (QED) is 0.392. The van der Waals surface area contributed by atoms with Gasteiger partial charge in [-0.2, -0.15) is 0 Å². The second-order valence-electron chi connectivity index (χ2n) is 10.5. The zero-order valence-corrected chi connectivity index (χ0v) is 18.9. The van der Waals surface area contributed by atoms with Crippen molar-refractivity contribution in [1.82, 2.24) is 4.90 Å². The number of likely N-dealkylation sites (tertiary alicyclic amines) is 1. The van der Waals surface area contributed by atoms with Gasteiger partial charge in [-0.3, -0.25) is 4.99 Å². The van der Waals surface area contributed by atoms with Gasteiger partial charge in [0.05, 0.1) is 11.9 Å². The minimum atomic E-state index is -0.00822. The molecular formula is C27H38N2. The van der Waals surface area contributed by atoms with Crippen molar-refractivity contribution in [3.8, 4) is 0 Å². The Morgan fingerprint density at radius 1 is 0.862 bits per heavy atom. The third-order valence-electron chi connectivity index (χ3n) is 5.90. The van der Waals surface area contributed by atoms with E-state index in [4.69, 9.17) is 4.99 Å². The smallest absolute Gasteiger partial charge is 0.0856 e. The summed E-state index contributed by atoms with van der Waals surface area (Å²) >= 11 is 0. The van der Waals surface area contributed by atoms with Gasteiger partial charge in [0.2, 0.25) is 0 Å². The Kier molecular flexibility index (Phi) is 6.82. The Morgan fingerprint density at radius 2 is 1.34 bits per heavy atom. The van der Waals surface area contributed by atoms with Crippen molar-refractivity contribution in [3.05, 3.63) is 71.8 Å². The third kappa shape index (κ3) is 6.45. The van der Waals surface area contributed by atoms with Crippen molar-refractivity contribution in [2.75, 3.05) is 13.1 Å². The summed E-state index contributed by atoms with van der Waals surface area (Å²) < 4.78 is 0. The average molecular weight is 391 g/mol. The van der Waals surface area contributed by atoms with Crippen LogP contribution in [-0.4, -0.2) is 29.9 Å². The topological polar surface area (TPSA) is 15.6 Å². The highest BCUT2D eigenvalue weighted by atomic mass is 15.2. The molecule has 0 spiro atoms. The lowest BCUT2D eigenvalue weighted by molar-refractivity contribution is 0.248. The Labute approximate surface area is 178 Å². The third-order valence-corrected chi connectivity index (χ3v) is 5.90. The number of piperidine rings is 1. The minimum absolute atomic E-state index is 0.00822. The fourth-order valence-corrected chi connectivity index (χ4v) is 5.01. The van der Waals surface area contributed by atoms with Gasteiger partial charge in [0.25, 0.3) is 0 Å². The van der Waals surface area contributed by atoms with Gasteiger partial charge in [-0.05, 0) is 55.6 Å². The van der Waals surface area contributed by atoms with Gasteiger partial charge in [0.1, 0.15) is 0 Å². The van der Waals surface area contributed by atoms with E-state index < -0.39 is 0 Å². The SMILES string of the molecule is CC(C)(C)CC(C)(C)/N=C/N1CCC(C(c2ccccc2)c2ccccc2)CC1. The molecule has 1 aliphatic rings. The Bertz CT molecular complexity index is 724. The Morgan fingerprint density at radius 3 is 1.79 bits per heavy atom. The molecule has 2 heteroatoms. The van der Waals surface area contributed by atoms with Gasteiger partial charge in [-0.15, -0.1) is 0 Å². The van der Waals surface area contributed by atoms with Gasteiger partial charge >= 0.3 is 0 Å². The van der Waals surface area contributed by atoms with E-state index >= 15 is 0 Å². The maximum atomic E-state index is 4.95. The fraction of sp³-hybridized carbons (Fsp3) is 0.519. The number of benzene rings is 2. The van der Waals surface area contributed by atoms with E-state index in [1.807, 2.05) is 0 Å². The summed E-state index contributed by atoms with van der Waals surface area (Å²) in [5.74, 6) is 1.15. The number of aliphatic imine (C=N–C) groups is 1. The molecule has 2 aromatic carbocycles. The molecule has 0 atom stereocenters. The first kappa shape index (κ1) is 21.6. The second-order valence-corrected chi connectivity index (χ2v) is 10.5. The summed E-state index contributed by atoms with van der Waals surface area (Å²) in [5, 5.41) is 0. The number of rotatable bonds is 6. The first-order valence-corrected chi connectivity index (χ1v) is 11.1. The highest BCUT2D eigenvalue weighted by Gasteiger charge is 2.29. The van der Waals surface area contributed by atoms with Crippen molar-refractivity contribution >= 4 is 6.34 Å². The van der Waals surface area contributed by atoms with Crippen LogP contribution in [0, 0.1) is 11.3 Å². The minimum Gasteiger partial charge on any atom is -0.363 e. The summed E-state index contributed by atoms with van der Waals surface area (Å²) in [6, 6.07) is 22.1. The summed E-state index contributed by atoms with van der Waals surface area (Å²) in [6.07, 6.45) is 5.64. The molecule has 1 fully saturated rings. The monoisotopic (exact) mass is 390 g/mol. The molecule has 0 amide bonds. The van der Waals surface area contributed by atoms with Crippen LogP contribution in [0.3, 0.4) is 0 Å². The standard InChI is InChI=1S/C27H38N2/c1-26(2,3)20-27(4,5)28-21-29-18-16-24(17-19-29)25(22-12-8-6-9-13-22)23-14-10-7-11-15-23/h6-15,21,24-25H,16-20H2,1-5H3/b28-21+. The molecule has 3 rings (SSSR count). The van der Waals surface area contributed by atoms with Gasteiger partial charge in [-0.25, -0.2) is 0 Å². The van der Waals surface area contributed by atoms with E-state index in [0.717, 1.165) is 19.5 Å². The van der Waals surface area contributed by atoms with Crippen molar-refractivity contribution in [1.29, 1.82) is 0 Å². The predicted molar refractivity (Wildman–Crippen MR) is 126 cm³/mol. The molecule has 0 aliphatic carbocycles. The summed E-state index contributed by atoms with van der Waals surface area (Å²) in [7, 11) is 0. The molecule has 1 heterocycles. The van der Waals surface area contributed by atoms with Crippen LogP contribution < -0.4 is 0 Å². The molecular weight excluding hydrogens is 352 g/mol. The molecule has 2 aromatic rings. The largest absolute Gasteiger partial charge is 0.363 e. The molecule has 0 N–H and O–H groups in total. The number of hydrogen-bond acceptors (Lipinski definition) is 1. The van der Waals surface area contributed by atoms with Crippen LogP contribution in [0.1, 0.15) is 70.9 Å². The molecule has 156 valence electrons. The van der Waals surface area contributed by atoms with E-state index in [1.54, 1.807) is 0 Å². The number of nitrogens with zero attached hydrogens (tertiary/aromatic N) is 2. The molecule has 0 saturated carbocycles. The predicted octanol–water partition coefficient (Wildman–Crippen LogP) is 6.77. The molecule has 0 bridgehead atoms. The van der Waals surface area contributed by atoms with Crippen molar-refractivity contribution in [2.45, 2.75) is 65.3 Å². The molecule has 2 nitrogen and oxygen atoms in total. The Balaban J connectivity index is 1.67. The van der Waals surface area contributed by atoms with Crippen LogP contribution in [0.15, 0.2) is 65.7 Å². The highest BCUT2D eigenvalue weighted by Crippen LogP contribution is 2.38. The molecule has 29 heavy (non-hydrogen) atoms. The number of hydrogen-bond donors (Lipinski definition) is 0. The van der Waals surface area contributed by atoms with E-state index in [1.165, 1.54) is 24.0 Å². The van der Waals surface area contributed by atoms with E-state index in [2.05, 4.69) is 107 Å². The highest BCUT2D eigenvalue weighted by molar-refractivity contribution is 5.56. The fourth-order valence-electron chi connectivity index (χ4n) is 5.01. The molecule has 0 aromatic heterocycles. The molecule has 1 aliphatic heterocycles. The molecule has 0 unspecified atom stereocenters. The van der Waals surface area contributed by atoms with Gasteiger partial charge < -0.3 is 4.90 Å².